The molecule has 0 spiro atoms. The minimum atomic E-state index is -1.44. The minimum absolute atomic E-state index is 0.219. The van der Waals surface area contributed by atoms with E-state index in [0.717, 1.165) is 0 Å². The predicted octanol–water partition coefficient (Wildman–Crippen LogP) is -1.69. The fraction of sp³-hybridized carbons (Fsp3) is 0.692. The zero-order chi connectivity index (χ0) is 17.4. The first-order valence-corrected chi connectivity index (χ1v) is 6.92. The number of nitrogens with two attached hydrogens (primary N) is 2. The van der Waals surface area contributed by atoms with Crippen LogP contribution in [0.1, 0.15) is 33.6 Å². The number of hydrogen-bond acceptors (Lipinski definition) is 5. The minimum Gasteiger partial charge on any atom is -0.480 e. The van der Waals surface area contributed by atoms with E-state index in [1.54, 1.807) is 0 Å². The van der Waals surface area contributed by atoms with Gasteiger partial charge in [0.1, 0.15) is 12.1 Å². The van der Waals surface area contributed by atoms with Gasteiger partial charge in [-0.05, 0) is 19.3 Å². The third-order valence-electron chi connectivity index (χ3n) is 2.83. The summed E-state index contributed by atoms with van der Waals surface area (Å²) in [5.74, 6) is -3.26. The molecule has 0 aromatic heterocycles. The summed E-state index contributed by atoms with van der Waals surface area (Å²) in [6.45, 7) is 5.20. The van der Waals surface area contributed by atoms with Gasteiger partial charge in [-0.3, -0.25) is 14.4 Å². The van der Waals surface area contributed by atoms with Gasteiger partial charge >= 0.3 is 5.97 Å². The molecule has 126 valence electrons. The fourth-order valence-corrected chi connectivity index (χ4v) is 1.70. The van der Waals surface area contributed by atoms with E-state index in [4.69, 9.17) is 16.6 Å². The number of carboxylic acid groups (broad SMARTS) is 1. The zero-order valence-electron chi connectivity index (χ0n) is 13.0. The maximum absolute atomic E-state index is 11.8. The Morgan fingerprint density at radius 2 is 1.59 bits per heavy atom. The summed E-state index contributed by atoms with van der Waals surface area (Å²) in [7, 11) is 0. The van der Waals surface area contributed by atoms with E-state index in [1.807, 2.05) is 13.8 Å². The summed E-state index contributed by atoms with van der Waals surface area (Å²) >= 11 is 0. The van der Waals surface area contributed by atoms with Crippen molar-refractivity contribution in [3.63, 3.8) is 0 Å². The average Bonchev–Trinajstić information content (AvgIpc) is 2.35. The number of nitrogens with one attached hydrogen (secondary N) is 2. The smallest absolute Gasteiger partial charge is 0.326 e. The van der Waals surface area contributed by atoms with Gasteiger partial charge in [0.25, 0.3) is 0 Å². The van der Waals surface area contributed by atoms with Crippen molar-refractivity contribution in [2.45, 2.75) is 51.7 Å². The molecule has 0 aliphatic rings. The Kier molecular flexibility index (Phi) is 8.10. The van der Waals surface area contributed by atoms with Gasteiger partial charge in [-0.25, -0.2) is 4.79 Å². The predicted molar refractivity (Wildman–Crippen MR) is 78.4 cm³/mol. The number of aliphatic carboxylic acids is 1. The molecule has 0 radical (unpaired) electrons. The van der Waals surface area contributed by atoms with Crippen molar-refractivity contribution < 1.29 is 24.3 Å². The first kappa shape index (κ1) is 19.8. The van der Waals surface area contributed by atoms with Crippen LogP contribution in [0.2, 0.25) is 0 Å². The summed E-state index contributed by atoms with van der Waals surface area (Å²) < 4.78 is 0. The van der Waals surface area contributed by atoms with Crippen LogP contribution in [0.25, 0.3) is 0 Å². The molecule has 9 nitrogen and oxygen atoms in total. The highest BCUT2D eigenvalue weighted by Gasteiger charge is 2.26. The molecule has 0 aliphatic carbocycles. The maximum Gasteiger partial charge on any atom is 0.326 e. The van der Waals surface area contributed by atoms with Gasteiger partial charge in [0.15, 0.2) is 0 Å². The van der Waals surface area contributed by atoms with Crippen molar-refractivity contribution in [3.8, 4) is 0 Å². The third-order valence-corrected chi connectivity index (χ3v) is 2.83. The van der Waals surface area contributed by atoms with Gasteiger partial charge in [0.05, 0.1) is 12.5 Å². The first-order valence-electron chi connectivity index (χ1n) is 6.92. The average molecular weight is 316 g/mol. The van der Waals surface area contributed by atoms with Gasteiger partial charge in [-0.1, -0.05) is 13.8 Å². The van der Waals surface area contributed by atoms with Crippen LogP contribution in [0.15, 0.2) is 0 Å². The molecule has 0 aromatic carbocycles. The standard InChI is InChI=1S/C13H24N4O5/c1-6(2)4-8(14)12(20)16-7(3)11(19)17-9(13(21)22)5-10(15)18/h6-9H,4-5,14H2,1-3H3,(H2,15,18)(H,16,20)(H,17,19)(H,21,22). The second kappa shape index (κ2) is 8.98. The SMILES string of the molecule is CC(C)CC(N)C(=O)NC(C)C(=O)NC(CC(N)=O)C(=O)O. The molecule has 0 rings (SSSR count). The number of carbonyl (C=O) groups is 4. The van der Waals surface area contributed by atoms with Crippen molar-refractivity contribution in [2.75, 3.05) is 0 Å². The quantitative estimate of drug-likeness (QED) is 0.340. The lowest BCUT2D eigenvalue weighted by Gasteiger charge is -2.20. The lowest BCUT2D eigenvalue weighted by atomic mass is 10.0. The van der Waals surface area contributed by atoms with Crippen molar-refractivity contribution in [2.24, 2.45) is 17.4 Å². The largest absolute Gasteiger partial charge is 0.480 e. The van der Waals surface area contributed by atoms with Crippen LogP contribution < -0.4 is 22.1 Å². The summed E-state index contributed by atoms with van der Waals surface area (Å²) in [6, 6.07) is -3.18. The highest BCUT2D eigenvalue weighted by atomic mass is 16.4. The highest BCUT2D eigenvalue weighted by molar-refractivity contribution is 5.92. The second-order valence-corrected chi connectivity index (χ2v) is 5.54. The highest BCUT2D eigenvalue weighted by Crippen LogP contribution is 2.03. The Hall–Kier alpha value is -2.16. The maximum atomic E-state index is 11.8. The summed E-state index contributed by atoms with van der Waals surface area (Å²) in [5, 5.41) is 13.4. The number of amides is 3. The van der Waals surface area contributed by atoms with Crippen LogP contribution in [0.3, 0.4) is 0 Å². The van der Waals surface area contributed by atoms with Gasteiger partial charge < -0.3 is 27.2 Å². The first-order chi connectivity index (χ1) is 10.0. The number of carbonyl (C=O) groups excluding carboxylic acids is 3. The van der Waals surface area contributed by atoms with Crippen molar-refractivity contribution >= 4 is 23.7 Å². The van der Waals surface area contributed by atoms with Crippen molar-refractivity contribution in [1.29, 1.82) is 0 Å². The molecule has 0 saturated carbocycles. The molecule has 3 amide bonds. The molecule has 0 heterocycles. The third kappa shape index (κ3) is 7.58. The van der Waals surface area contributed by atoms with E-state index in [0.29, 0.717) is 6.42 Å². The monoisotopic (exact) mass is 316 g/mol. The molecule has 0 saturated heterocycles. The topological polar surface area (TPSA) is 165 Å². The lowest BCUT2D eigenvalue weighted by Crippen LogP contribution is -2.54. The molecule has 9 heteroatoms. The van der Waals surface area contributed by atoms with E-state index < -0.39 is 48.2 Å². The molecule has 22 heavy (non-hydrogen) atoms. The molecule has 3 atom stereocenters. The Bertz CT molecular complexity index is 438. The van der Waals surface area contributed by atoms with Gasteiger partial charge in [0, 0.05) is 0 Å². The van der Waals surface area contributed by atoms with Gasteiger partial charge in [-0.15, -0.1) is 0 Å². The van der Waals surface area contributed by atoms with E-state index in [1.165, 1.54) is 6.92 Å². The Morgan fingerprint density at radius 1 is 1.05 bits per heavy atom. The lowest BCUT2D eigenvalue weighted by molar-refractivity contribution is -0.143. The van der Waals surface area contributed by atoms with Crippen molar-refractivity contribution in [3.05, 3.63) is 0 Å². The van der Waals surface area contributed by atoms with Crippen molar-refractivity contribution in [1.82, 2.24) is 10.6 Å². The van der Waals surface area contributed by atoms with E-state index in [9.17, 15) is 19.2 Å². The number of hydrogen-bond donors (Lipinski definition) is 5. The van der Waals surface area contributed by atoms with E-state index in [2.05, 4.69) is 10.6 Å². The van der Waals surface area contributed by atoms with Crippen LogP contribution in [-0.2, 0) is 19.2 Å². The Balaban J connectivity index is 4.55. The summed E-state index contributed by atoms with van der Waals surface area (Å²) in [5.41, 5.74) is 10.6. The molecule has 3 unspecified atom stereocenters. The van der Waals surface area contributed by atoms with Crippen LogP contribution in [0.5, 0.6) is 0 Å². The molecular weight excluding hydrogens is 292 g/mol. The number of rotatable bonds is 9. The molecular formula is C13H24N4O5. The Morgan fingerprint density at radius 3 is 2.00 bits per heavy atom. The fourth-order valence-electron chi connectivity index (χ4n) is 1.70. The van der Waals surface area contributed by atoms with Crippen LogP contribution >= 0.6 is 0 Å². The molecule has 7 N–H and O–H groups in total. The molecule has 0 aliphatic heterocycles. The van der Waals surface area contributed by atoms with Gasteiger partial charge in [0.2, 0.25) is 17.7 Å². The molecule has 0 bridgehead atoms. The van der Waals surface area contributed by atoms with Gasteiger partial charge in [-0.2, -0.15) is 0 Å². The van der Waals surface area contributed by atoms with E-state index in [-0.39, 0.29) is 5.92 Å². The molecule has 0 aromatic rings. The Labute approximate surface area is 128 Å². The van der Waals surface area contributed by atoms with Crippen LogP contribution in [0.4, 0.5) is 0 Å². The second-order valence-electron chi connectivity index (χ2n) is 5.54. The summed E-state index contributed by atoms with van der Waals surface area (Å²) in [4.78, 5) is 45.3. The van der Waals surface area contributed by atoms with E-state index >= 15 is 0 Å². The summed E-state index contributed by atoms with van der Waals surface area (Å²) in [6.07, 6.45) is -0.0752. The molecule has 0 fully saturated rings. The number of primary amides is 1. The zero-order valence-corrected chi connectivity index (χ0v) is 13.0. The van der Waals surface area contributed by atoms with Crippen LogP contribution in [0, 0.1) is 5.92 Å². The number of carboxylic acids is 1. The normalized spacial score (nSPS) is 14.8. The van der Waals surface area contributed by atoms with Crippen LogP contribution in [-0.4, -0.2) is 46.9 Å².